The first-order chi connectivity index (χ1) is 12.0. The quantitative estimate of drug-likeness (QED) is 0.657. The number of rotatable bonds is 5. The third-order valence-corrected chi connectivity index (χ3v) is 5.29. The standard InChI is InChI=1S/C14H13F2N3O5S2/c1-17-14(20)18-13-7-9(5-6-12(13)15)19-26(23,24)11-4-2-3-10(8-11)25(16,21)22/h2-8,19H,1H3,(H2,17,18,20). The van der Waals surface area contributed by atoms with Gasteiger partial charge >= 0.3 is 16.3 Å². The van der Waals surface area contributed by atoms with Crippen LogP contribution in [0.3, 0.4) is 0 Å². The van der Waals surface area contributed by atoms with Crippen molar-refractivity contribution in [1.29, 1.82) is 0 Å². The lowest BCUT2D eigenvalue weighted by Crippen LogP contribution is -2.25. The topological polar surface area (TPSA) is 121 Å². The van der Waals surface area contributed by atoms with E-state index in [0.29, 0.717) is 6.07 Å². The summed E-state index contributed by atoms with van der Waals surface area (Å²) in [6.07, 6.45) is 0. The van der Waals surface area contributed by atoms with Gasteiger partial charge < -0.3 is 10.6 Å². The van der Waals surface area contributed by atoms with Gasteiger partial charge in [-0.05, 0) is 36.4 Å². The average molecular weight is 405 g/mol. The Balaban J connectivity index is 2.35. The molecular weight excluding hydrogens is 392 g/mol. The minimum absolute atomic E-state index is 0.105. The molecule has 0 unspecified atom stereocenters. The Kier molecular flexibility index (Phi) is 5.47. The summed E-state index contributed by atoms with van der Waals surface area (Å²) in [4.78, 5) is 9.93. The second-order valence-corrected chi connectivity index (χ2v) is 7.95. The molecule has 8 nitrogen and oxygen atoms in total. The van der Waals surface area contributed by atoms with Crippen molar-refractivity contribution in [3.05, 3.63) is 48.3 Å². The number of amides is 2. The Morgan fingerprint density at radius 2 is 1.65 bits per heavy atom. The maximum Gasteiger partial charge on any atom is 0.332 e. The molecule has 0 aromatic heterocycles. The lowest BCUT2D eigenvalue weighted by Gasteiger charge is -2.11. The van der Waals surface area contributed by atoms with E-state index in [1.165, 1.54) is 7.05 Å². The van der Waals surface area contributed by atoms with Gasteiger partial charge in [-0.15, -0.1) is 3.89 Å². The molecule has 26 heavy (non-hydrogen) atoms. The molecule has 0 saturated carbocycles. The second-order valence-electron chi connectivity index (χ2n) is 4.92. The fraction of sp³-hybridized carbons (Fsp3) is 0.0714. The highest BCUT2D eigenvalue weighted by Gasteiger charge is 2.19. The maximum atomic E-state index is 13.7. The van der Waals surface area contributed by atoms with Gasteiger partial charge in [0, 0.05) is 7.05 Å². The van der Waals surface area contributed by atoms with Crippen LogP contribution in [-0.4, -0.2) is 29.9 Å². The van der Waals surface area contributed by atoms with Crippen LogP contribution in [-0.2, 0) is 20.2 Å². The van der Waals surface area contributed by atoms with Crippen LogP contribution >= 0.6 is 0 Å². The first kappa shape index (κ1) is 19.6. The molecule has 2 aromatic carbocycles. The number of urea groups is 1. The third-order valence-electron chi connectivity index (χ3n) is 3.09. The lowest BCUT2D eigenvalue weighted by molar-refractivity contribution is 0.254. The van der Waals surface area contributed by atoms with Gasteiger partial charge in [0.05, 0.1) is 21.2 Å². The van der Waals surface area contributed by atoms with E-state index < -0.39 is 41.9 Å². The second kappa shape index (κ2) is 7.25. The number of carbonyl (C=O) groups is 1. The van der Waals surface area contributed by atoms with Crippen LogP contribution in [0.2, 0.25) is 0 Å². The van der Waals surface area contributed by atoms with Crippen molar-refractivity contribution >= 4 is 37.7 Å². The molecule has 3 N–H and O–H groups in total. The molecule has 0 aliphatic heterocycles. The van der Waals surface area contributed by atoms with E-state index in [1.807, 2.05) is 0 Å². The summed E-state index contributed by atoms with van der Waals surface area (Å²) in [5.41, 5.74) is -0.393. The third kappa shape index (κ3) is 4.67. The van der Waals surface area contributed by atoms with Crippen LogP contribution in [0.1, 0.15) is 0 Å². The molecule has 0 atom stereocenters. The van der Waals surface area contributed by atoms with E-state index in [9.17, 15) is 29.9 Å². The maximum absolute atomic E-state index is 13.7. The summed E-state index contributed by atoms with van der Waals surface area (Å²) in [7, 11) is -8.06. The molecule has 0 spiro atoms. The molecule has 0 radical (unpaired) electrons. The lowest BCUT2D eigenvalue weighted by atomic mass is 10.2. The van der Waals surface area contributed by atoms with Crippen LogP contribution in [0.15, 0.2) is 52.3 Å². The van der Waals surface area contributed by atoms with Gasteiger partial charge in [0.1, 0.15) is 5.82 Å². The van der Waals surface area contributed by atoms with Gasteiger partial charge in [-0.1, -0.05) is 6.07 Å². The van der Waals surface area contributed by atoms with Crippen molar-refractivity contribution in [2.45, 2.75) is 9.79 Å². The molecule has 0 bridgehead atoms. The molecule has 2 rings (SSSR count). The summed E-state index contributed by atoms with van der Waals surface area (Å²) in [6, 6.07) is 5.99. The normalized spacial score (nSPS) is 11.7. The largest absolute Gasteiger partial charge is 0.341 e. The van der Waals surface area contributed by atoms with Crippen molar-refractivity contribution in [2.75, 3.05) is 17.1 Å². The zero-order valence-corrected chi connectivity index (χ0v) is 14.8. The van der Waals surface area contributed by atoms with Gasteiger partial charge in [-0.3, -0.25) is 4.72 Å². The molecule has 0 saturated heterocycles. The number of halogens is 2. The highest BCUT2D eigenvalue weighted by atomic mass is 32.3. The fourth-order valence-electron chi connectivity index (χ4n) is 1.88. The number of benzene rings is 2. The smallest absolute Gasteiger partial charge is 0.332 e. The number of carbonyl (C=O) groups excluding carboxylic acids is 1. The molecule has 2 aromatic rings. The molecule has 140 valence electrons. The van der Waals surface area contributed by atoms with E-state index in [1.54, 1.807) is 0 Å². The molecule has 0 aliphatic rings. The highest BCUT2D eigenvalue weighted by molar-refractivity contribution is 7.92. The molecule has 0 heterocycles. The first-order valence-corrected chi connectivity index (χ1v) is 9.75. The number of anilines is 2. The number of nitrogens with one attached hydrogen (secondary N) is 3. The number of hydrogen-bond donors (Lipinski definition) is 3. The summed E-state index contributed by atoms with van der Waals surface area (Å²) < 4.78 is 75.3. The van der Waals surface area contributed by atoms with E-state index in [4.69, 9.17) is 0 Å². The Morgan fingerprint density at radius 1 is 1.00 bits per heavy atom. The van der Waals surface area contributed by atoms with Gasteiger partial charge in [0.2, 0.25) is 0 Å². The van der Waals surface area contributed by atoms with Crippen molar-refractivity contribution in [3.63, 3.8) is 0 Å². The van der Waals surface area contributed by atoms with Crippen LogP contribution in [0.4, 0.5) is 24.4 Å². The van der Waals surface area contributed by atoms with Gasteiger partial charge in [0.25, 0.3) is 10.0 Å². The monoisotopic (exact) mass is 405 g/mol. The molecule has 0 fully saturated rings. The van der Waals surface area contributed by atoms with Gasteiger partial charge in [0.15, 0.2) is 0 Å². The Morgan fingerprint density at radius 3 is 2.27 bits per heavy atom. The van der Waals surface area contributed by atoms with Crippen LogP contribution in [0.5, 0.6) is 0 Å². The van der Waals surface area contributed by atoms with E-state index >= 15 is 0 Å². The molecule has 12 heteroatoms. The highest BCUT2D eigenvalue weighted by Crippen LogP contribution is 2.24. The molecule has 2 amide bonds. The van der Waals surface area contributed by atoms with Crippen LogP contribution in [0.25, 0.3) is 0 Å². The Bertz CT molecular complexity index is 1060. The van der Waals surface area contributed by atoms with Gasteiger partial charge in [-0.25, -0.2) is 17.6 Å². The van der Waals surface area contributed by atoms with E-state index in [0.717, 1.165) is 36.4 Å². The van der Waals surface area contributed by atoms with Gasteiger partial charge in [-0.2, -0.15) is 8.42 Å². The minimum atomic E-state index is -5.08. The molecular formula is C14H13F2N3O5S2. The van der Waals surface area contributed by atoms with Crippen LogP contribution in [0, 0.1) is 5.82 Å². The fourth-order valence-corrected chi connectivity index (χ4v) is 3.55. The van der Waals surface area contributed by atoms with Crippen molar-refractivity contribution in [2.24, 2.45) is 0 Å². The zero-order chi connectivity index (χ0) is 19.5. The van der Waals surface area contributed by atoms with E-state index in [2.05, 4.69) is 15.4 Å². The predicted octanol–water partition coefficient (Wildman–Crippen LogP) is 2.04. The van der Waals surface area contributed by atoms with Crippen molar-refractivity contribution in [1.82, 2.24) is 5.32 Å². The molecule has 0 aliphatic carbocycles. The summed E-state index contributed by atoms with van der Waals surface area (Å²) in [5, 5.41) is 4.37. The van der Waals surface area contributed by atoms with E-state index in [-0.39, 0.29) is 11.4 Å². The zero-order valence-electron chi connectivity index (χ0n) is 13.2. The average Bonchev–Trinajstić information content (AvgIpc) is 2.57. The van der Waals surface area contributed by atoms with Crippen LogP contribution < -0.4 is 15.4 Å². The SMILES string of the molecule is CNC(=O)Nc1cc(NS(=O)(=O)c2cccc(S(=O)(=O)F)c2)ccc1F. The summed E-state index contributed by atoms with van der Waals surface area (Å²) >= 11 is 0. The minimum Gasteiger partial charge on any atom is -0.341 e. The number of hydrogen-bond acceptors (Lipinski definition) is 5. The predicted molar refractivity (Wildman–Crippen MR) is 90.0 cm³/mol. The first-order valence-electron chi connectivity index (χ1n) is 6.89. The van der Waals surface area contributed by atoms with Crippen molar-refractivity contribution in [3.8, 4) is 0 Å². The number of sulfonamides is 1. The summed E-state index contributed by atoms with van der Waals surface area (Å²) in [5.74, 6) is -0.804. The summed E-state index contributed by atoms with van der Waals surface area (Å²) in [6.45, 7) is 0. The van der Waals surface area contributed by atoms with Crippen molar-refractivity contribution < 1.29 is 29.9 Å². The Hall–Kier alpha value is -2.73. The Labute approximate surface area is 148 Å².